The Hall–Kier alpha value is -1.04. The predicted octanol–water partition coefficient (Wildman–Crippen LogP) is 3.24. The van der Waals surface area contributed by atoms with E-state index in [9.17, 15) is 9.50 Å². The van der Waals surface area contributed by atoms with Crippen molar-refractivity contribution in [3.05, 3.63) is 62.8 Å². The molecule has 0 fully saturated rings. The normalized spacial score (nSPS) is 13.6. The molecule has 0 bridgehead atoms. The van der Waals surface area contributed by atoms with Gasteiger partial charge >= 0.3 is 0 Å². The highest BCUT2D eigenvalue weighted by Gasteiger charge is 2.17. The maximum absolute atomic E-state index is 13.8. The van der Waals surface area contributed by atoms with Crippen molar-refractivity contribution < 1.29 is 19.1 Å². The van der Waals surface area contributed by atoms with Crippen LogP contribution in [0.2, 0.25) is 15.1 Å². The van der Waals surface area contributed by atoms with E-state index in [4.69, 9.17) is 39.5 Å². The van der Waals surface area contributed by atoms with Crippen LogP contribution < -0.4 is 9.64 Å². The van der Waals surface area contributed by atoms with Gasteiger partial charge in [0.05, 0.1) is 27.7 Å². The summed E-state index contributed by atoms with van der Waals surface area (Å²) >= 11 is 18.0. The summed E-state index contributed by atoms with van der Waals surface area (Å²) in [7, 11) is 1.84. The third kappa shape index (κ3) is 5.23. The fraction of sp³-hybridized carbons (Fsp3) is 0.294. The molecule has 2 N–H and O–H groups in total. The molecule has 24 heavy (non-hydrogen) atoms. The van der Waals surface area contributed by atoms with Crippen LogP contribution in [0.25, 0.3) is 0 Å². The molecule has 2 aromatic rings. The van der Waals surface area contributed by atoms with Crippen molar-refractivity contribution in [1.82, 2.24) is 0 Å². The Balaban J connectivity index is 1.89. The lowest BCUT2D eigenvalue weighted by molar-refractivity contribution is -0.897. The SMILES string of the molecule is C[NH+](Cc1c(F)cccc1Cl)C[C@H](O)COc1c(Cl)cccc1Cl. The lowest BCUT2D eigenvalue weighted by Crippen LogP contribution is -3.09. The number of likely N-dealkylation sites (N-methyl/N-ethyl adjacent to an activating group) is 1. The van der Waals surface area contributed by atoms with Crippen LogP contribution >= 0.6 is 34.8 Å². The number of halogens is 4. The van der Waals surface area contributed by atoms with Gasteiger partial charge in [0.2, 0.25) is 0 Å². The minimum Gasteiger partial charge on any atom is -0.488 e. The molecule has 0 spiro atoms. The van der Waals surface area contributed by atoms with Crippen molar-refractivity contribution in [2.24, 2.45) is 0 Å². The molecule has 0 aliphatic heterocycles. The van der Waals surface area contributed by atoms with E-state index >= 15 is 0 Å². The van der Waals surface area contributed by atoms with Gasteiger partial charge in [-0.05, 0) is 24.3 Å². The van der Waals surface area contributed by atoms with E-state index in [0.717, 1.165) is 4.90 Å². The van der Waals surface area contributed by atoms with Gasteiger partial charge in [-0.1, -0.05) is 46.9 Å². The molecule has 2 rings (SSSR count). The summed E-state index contributed by atoms with van der Waals surface area (Å²) in [6.45, 7) is 0.744. The fourth-order valence-corrected chi connectivity index (χ4v) is 3.07. The Morgan fingerprint density at radius 3 is 2.29 bits per heavy atom. The first-order chi connectivity index (χ1) is 11.4. The molecule has 0 amide bonds. The summed E-state index contributed by atoms with van der Waals surface area (Å²) in [6.07, 6.45) is -0.761. The first-order valence-corrected chi connectivity index (χ1v) is 8.51. The third-order valence-electron chi connectivity index (χ3n) is 3.46. The first kappa shape index (κ1) is 19.3. The molecule has 0 radical (unpaired) electrons. The van der Waals surface area contributed by atoms with Gasteiger partial charge in [0, 0.05) is 0 Å². The number of nitrogens with one attached hydrogen (secondary N) is 1. The van der Waals surface area contributed by atoms with Crippen LogP contribution in [-0.4, -0.2) is 31.4 Å². The van der Waals surface area contributed by atoms with E-state index in [1.54, 1.807) is 30.3 Å². The van der Waals surface area contributed by atoms with Crippen molar-refractivity contribution >= 4 is 34.8 Å². The molecule has 0 aromatic heterocycles. The Labute approximate surface area is 155 Å². The topological polar surface area (TPSA) is 33.9 Å². The van der Waals surface area contributed by atoms with Crippen LogP contribution in [0.1, 0.15) is 5.56 Å². The number of quaternary nitrogens is 1. The molecule has 0 aliphatic rings. The second-order valence-electron chi connectivity index (χ2n) is 5.55. The van der Waals surface area contributed by atoms with Crippen LogP contribution in [-0.2, 0) is 6.54 Å². The van der Waals surface area contributed by atoms with Crippen molar-refractivity contribution in [2.45, 2.75) is 12.6 Å². The largest absolute Gasteiger partial charge is 0.488 e. The van der Waals surface area contributed by atoms with Gasteiger partial charge in [-0.2, -0.15) is 0 Å². The highest BCUT2D eigenvalue weighted by atomic mass is 35.5. The van der Waals surface area contributed by atoms with Gasteiger partial charge in [-0.3, -0.25) is 0 Å². The van der Waals surface area contributed by atoms with Crippen molar-refractivity contribution in [3.8, 4) is 5.75 Å². The van der Waals surface area contributed by atoms with Gasteiger partial charge in [0.1, 0.15) is 31.6 Å². The summed E-state index contributed by atoms with van der Waals surface area (Å²) in [5.41, 5.74) is 0.430. The number of ether oxygens (including phenoxy) is 1. The Kier molecular flexibility index (Phi) is 7.14. The lowest BCUT2D eigenvalue weighted by Gasteiger charge is -2.19. The maximum atomic E-state index is 13.8. The molecular formula is C17H18Cl3FNO2+. The standard InChI is InChI=1S/C17H17Cl3FNO2/c1-22(9-12-13(18)4-3-7-16(12)21)8-11(23)10-24-17-14(19)5-2-6-15(17)20/h2-7,11,23H,8-10H2,1H3/p+1/t11-/m0/s1. The van der Waals surface area contributed by atoms with E-state index in [1.165, 1.54) is 6.07 Å². The molecular weight excluding hydrogens is 376 g/mol. The number of benzene rings is 2. The van der Waals surface area contributed by atoms with Crippen LogP contribution in [0.4, 0.5) is 4.39 Å². The Morgan fingerprint density at radius 1 is 1.08 bits per heavy atom. The first-order valence-electron chi connectivity index (χ1n) is 7.37. The van der Waals surface area contributed by atoms with Gasteiger partial charge in [-0.15, -0.1) is 0 Å². The Morgan fingerprint density at radius 2 is 1.67 bits per heavy atom. The molecule has 2 atom stereocenters. The zero-order valence-corrected chi connectivity index (χ0v) is 15.3. The molecule has 130 valence electrons. The summed E-state index contributed by atoms with van der Waals surface area (Å²) < 4.78 is 19.3. The van der Waals surface area contributed by atoms with Crippen LogP contribution in [0.5, 0.6) is 5.75 Å². The van der Waals surface area contributed by atoms with Gasteiger partial charge < -0.3 is 14.7 Å². The zero-order chi connectivity index (χ0) is 17.7. The third-order valence-corrected chi connectivity index (χ3v) is 4.41. The Bertz CT molecular complexity index is 659. The number of rotatable bonds is 7. The summed E-state index contributed by atoms with van der Waals surface area (Å²) in [5, 5.41) is 11.3. The molecule has 1 unspecified atom stereocenters. The lowest BCUT2D eigenvalue weighted by atomic mass is 10.2. The zero-order valence-electron chi connectivity index (χ0n) is 13.0. The quantitative estimate of drug-likeness (QED) is 0.757. The predicted molar refractivity (Wildman–Crippen MR) is 94.8 cm³/mol. The molecule has 7 heteroatoms. The van der Waals surface area contributed by atoms with Gasteiger partial charge in [0.15, 0.2) is 5.75 Å². The monoisotopic (exact) mass is 392 g/mol. The van der Waals surface area contributed by atoms with Crippen LogP contribution in [0.3, 0.4) is 0 Å². The molecule has 0 aliphatic carbocycles. The number of aliphatic hydroxyl groups is 1. The van der Waals surface area contributed by atoms with E-state index < -0.39 is 6.10 Å². The highest BCUT2D eigenvalue weighted by molar-refractivity contribution is 6.37. The number of aliphatic hydroxyl groups excluding tert-OH is 1. The molecule has 0 heterocycles. The number of para-hydroxylation sites is 1. The van der Waals surface area contributed by atoms with Crippen LogP contribution in [0, 0.1) is 5.82 Å². The maximum Gasteiger partial charge on any atom is 0.156 e. The second-order valence-corrected chi connectivity index (χ2v) is 6.78. The van der Waals surface area contributed by atoms with Crippen molar-refractivity contribution in [2.75, 3.05) is 20.2 Å². The van der Waals surface area contributed by atoms with Crippen LogP contribution in [0.15, 0.2) is 36.4 Å². The van der Waals surface area contributed by atoms with Gasteiger partial charge in [-0.25, -0.2) is 4.39 Å². The molecule has 0 saturated carbocycles. The number of hydrogen-bond acceptors (Lipinski definition) is 2. The van der Waals surface area contributed by atoms with E-state index in [2.05, 4.69) is 0 Å². The summed E-state index contributed by atoms with van der Waals surface area (Å²) in [5.74, 6) is -0.00914. The highest BCUT2D eigenvalue weighted by Crippen LogP contribution is 2.32. The van der Waals surface area contributed by atoms with E-state index in [-0.39, 0.29) is 12.4 Å². The smallest absolute Gasteiger partial charge is 0.156 e. The summed E-state index contributed by atoms with van der Waals surface area (Å²) in [4.78, 5) is 0.892. The van der Waals surface area contributed by atoms with Gasteiger partial charge in [0.25, 0.3) is 0 Å². The average molecular weight is 394 g/mol. The fourth-order valence-electron chi connectivity index (χ4n) is 2.34. The number of hydrogen-bond donors (Lipinski definition) is 2. The van der Waals surface area contributed by atoms with Crippen molar-refractivity contribution in [3.63, 3.8) is 0 Å². The van der Waals surface area contributed by atoms with Crippen molar-refractivity contribution in [1.29, 1.82) is 0 Å². The van der Waals surface area contributed by atoms with E-state index in [1.807, 2.05) is 7.05 Å². The average Bonchev–Trinajstić information content (AvgIpc) is 2.50. The second kappa shape index (κ2) is 8.88. The molecule has 0 saturated heterocycles. The minimum absolute atomic E-state index is 0.0335. The molecule has 3 nitrogen and oxygen atoms in total. The summed E-state index contributed by atoms with van der Waals surface area (Å²) in [6, 6.07) is 9.61. The minimum atomic E-state index is -0.761. The van der Waals surface area contributed by atoms with E-state index in [0.29, 0.717) is 39.5 Å². The molecule has 2 aromatic carbocycles.